The molecule has 0 aliphatic carbocycles. The van der Waals surface area contributed by atoms with Crippen LogP contribution in [0.1, 0.15) is 10.5 Å². The maximum atomic E-state index is 12.8. The van der Waals surface area contributed by atoms with Gasteiger partial charge in [0.2, 0.25) is 0 Å². The van der Waals surface area contributed by atoms with E-state index in [1.54, 1.807) is 12.1 Å². The van der Waals surface area contributed by atoms with Gasteiger partial charge in [-0.05, 0) is 30.3 Å². The van der Waals surface area contributed by atoms with Crippen LogP contribution in [-0.2, 0) is 14.1 Å². The zero-order chi connectivity index (χ0) is 22.4. The van der Waals surface area contributed by atoms with Crippen molar-refractivity contribution < 1.29 is 4.79 Å². The number of fused-ring (bicyclic) bond motifs is 2. The molecule has 3 heterocycles. The number of carbonyl (C=O) groups is 1. The van der Waals surface area contributed by atoms with Gasteiger partial charge in [-0.1, -0.05) is 30.3 Å². The van der Waals surface area contributed by atoms with E-state index < -0.39 is 17.2 Å². The normalized spacial score (nSPS) is 11.2. The largest absolute Gasteiger partial charge is 0.338 e. The number of aromatic amines is 1. The minimum absolute atomic E-state index is 0.0930. The second-order valence-electron chi connectivity index (χ2n) is 7.41. The minimum Gasteiger partial charge on any atom is -0.338 e. The van der Waals surface area contributed by atoms with Gasteiger partial charge < -0.3 is 10.3 Å². The van der Waals surface area contributed by atoms with Crippen molar-refractivity contribution in [1.82, 2.24) is 24.1 Å². The predicted molar refractivity (Wildman–Crippen MR) is 122 cm³/mol. The summed E-state index contributed by atoms with van der Waals surface area (Å²) in [6.07, 6.45) is 0. The topological polar surface area (TPSA) is 115 Å². The van der Waals surface area contributed by atoms with Crippen LogP contribution < -0.4 is 16.6 Å². The second-order valence-corrected chi connectivity index (χ2v) is 7.41. The maximum Gasteiger partial charge on any atom is 0.332 e. The molecule has 0 bridgehead atoms. The molecule has 0 fully saturated rings. The number of aromatic nitrogens is 5. The average molecular weight is 426 g/mol. The molecule has 2 aromatic carbocycles. The first-order valence-corrected chi connectivity index (χ1v) is 9.86. The van der Waals surface area contributed by atoms with Gasteiger partial charge in [0.1, 0.15) is 17.2 Å². The van der Waals surface area contributed by atoms with Gasteiger partial charge in [0, 0.05) is 25.3 Å². The molecule has 5 rings (SSSR count). The number of anilines is 1. The summed E-state index contributed by atoms with van der Waals surface area (Å²) in [7, 11) is 2.91. The Bertz CT molecular complexity index is 1630. The zero-order valence-corrected chi connectivity index (χ0v) is 17.3. The number of imidazole rings is 1. The molecule has 0 spiro atoms. The van der Waals surface area contributed by atoms with Gasteiger partial charge in [0.25, 0.3) is 11.5 Å². The molecule has 0 saturated heterocycles. The molecule has 0 aliphatic rings. The third-order valence-electron chi connectivity index (χ3n) is 5.32. The molecular weight excluding hydrogens is 408 g/mol. The smallest absolute Gasteiger partial charge is 0.332 e. The van der Waals surface area contributed by atoms with Crippen molar-refractivity contribution in [1.29, 1.82) is 0 Å². The lowest BCUT2D eigenvalue weighted by molar-refractivity contribution is 0.102. The van der Waals surface area contributed by atoms with E-state index in [0.29, 0.717) is 5.69 Å². The van der Waals surface area contributed by atoms with Gasteiger partial charge in [-0.25, -0.2) is 14.8 Å². The van der Waals surface area contributed by atoms with E-state index in [1.807, 2.05) is 36.4 Å². The lowest BCUT2D eigenvalue weighted by Crippen LogP contribution is -2.37. The van der Waals surface area contributed by atoms with Gasteiger partial charge in [-0.15, -0.1) is 0 Å². The molecule has 0 aliphatic heterocycles. The number of pyridine rings is 1. The number of nitrogens with one attached hydrogen (secondary N) is 2. The first-order valence-electron chi connectivity index (χ1n) is 9.86. The molecule has 5 aromatic rings. The highest BCUT2D eigenvalue weighted by molar-refractivity contribution is 6.04. The van der Waals surface area contributed by atoms with Gasteiger partial charge >= 0.3 is 5.69 Å². The van der Waals surface area contributed by atoms with Gasteiger partial charge in [-0.2, -0.15) is 0 Å². The average Bonchev–Trinajstić information content (AvgIpc) is 3.25. The molecule has 0 atom stereocenters. The third kappa shape index (κ3) is 3.16. The van der Waals surface area contributed by atoms with E-state index in [1.165, 1.54) is 30.8 Å². The van der Waals surface area contributed by atoms with E-state index in [2.05, 4.69) is 20.3 Å². The number of hydrogen-bond acceptors (Lipinski definition) is 5. The summed E-state index contributed by atoms with van der Waals surface area (Å²) in [5, 5.41) is 3.07. The summed E-state index contributed by atoms with van der Waals surface area (Å²) in [6.45, 7) is 0. The van der Waals surface area contributed by atoms with Crippen LogP contribution in [0.2, 0.25) is 0 Å². The van der Waals surface area contributed by atoms with E-state index in [0.717, 1.165) is 27.0 Å². The van der Waals surface area contributed by atoms with Crippen molar-refractivity contribution >= 4 is 33.7 Å². The molecule has 0 radical (unpaired) electrons. The van der Waals surface area contributed by atoms with Gasteiger partial charge in [0.15, 0.2) is 0 Å². The Labute approximate surface area is 181 Å². The quantitative estimate of drug-likeness (QED) is 0.460. The Balaban J connectivity index is 1.47. The summed E-state index contributed by atoms with van der Waals surface area (Å²) in [6, 6.07) is 18.1. The van der Waals surface area contributed by atoms with Crippen LogP contribution in [0.25, 0.3) is 33.5 Å². The molecular formula is C23H18N6O3. The Morgan fingerprint density at radius 3 is 2.50 bits per heavy atom. The number of hydrogen-bond donors (Lipinski definition) is 2. The first-order chi connectivity index (χ1) is 15.4. The number of nitrogens with zero attached hydrogens (tertiary/aromatic N) is 4. The van der Waals surface area contributed by atoms with Crippen molar-refractivity contribution in [2.75, 3.05) is 5.32 Å². The van der Waals surface area contributed by atoms with Crippen molar-refractivity contribution in [2.45, 2.75) is 0 Å². The van der Waals surface area contributed by atoms with Gasteiger partial charge in [0.05, 0.1) is 16.4 Å². The van der Waals surface area contributed by atoms with Crippen LogP contribution in [0.5, 0.6) is 0 Å². The maximum absolute atomic E-state index is 12.8. The number of H-pyrrole nitrogens is 1. The highest BCUT2D eigenvalue weighted by atomic mass is 16.2. The number of benzene rings is 2. The molecule has 9 nitrogen and oxygen atoms in total. The van der Waals surface area contributed by atoms with Crippen LogP contribution in [0.15, 0.2) is 70.3 Å². The second kappa shape index (κ2) is 7.31. The fraction of sp³-hybridized carbons (Fsp3) is 0.0870. The molecule has 3 aromatic heterocycles. The van der Waals surface area contributed by atoms with Gasteiger partial charge in [-0.3, -0.25) is 18.7 Å². The summed E-state index contributed by atoms with van der Waals surface area (Å²) in [5.41, 5.74) is 2.36. The summed E-state index contributed by atoms with van der Waals surface area (Å²) >= 11 is 0. The summed E-state index contributed by atoms with van der Waals surface area (Å²) in [4.78, 5) is 49.4. The fourth-order valence-electron chi connectivity index (χ4n) is 3.60. The van der Waals surface area contributed by atoms with Crippen LogP contribution in [0, 0.1) is 0 Å². The molecule has 32 heavy (non-hydrogen) atoms. The Hall–Kier alpha value is -4.53. The molecule has 2 N–H and O–H groups in total. The number of rotatable bonds is 3. The fourth-order valence-corrected chi connectivity index (χ4v) is 3.60. The van der Waals surface area contributed by atoms with E-state index in [-0.39, 0.29) is 16.7 Å². The highest BCUT2D eigenvalue weighted by Gasteiger charge is 2.15. The Morgan fingerprint density at radius 2 is 1.72 bits per heavy atom. The van der Waals surface area contributed by atoms with Crippen molar-refractivity contribution in [2.24, 2.45) is 14.1 Å². The Morgan fingerprint density at radius 1 is 0.938 bits per heavy atom. The summed E-state index contributed by atoms with van der Waals surface area (Å²) < 4.78 is 2.25. The molecule has 1 amide bonds. The molecule has 0 unspecified atom stereocenters. The lowest BCUT2D eigenvalue weighted by Gasteiger charge is -2.09. The van der Waals surface area contributed by atoms with Crippen LogP contribution in [0.3, 0.4) is 0 Å². The molecule has 158 valence electrons. The van der Waals surface area contributed by atoms with E-state index in [4.69, 9.17) is 0 Å². The predicted octanol–water partition coefficient (Wildman–Crippen LogP) is 2.43. The standard InChI is InChI=1S/C23H18N6O3/c1-28-20-15(22(31)29(2)23(28)32)9-11-17(27-20)21(30)24-14-8-10-16-18(12-14)26-19(25-16)13-6-4-3-5-7-13/h3-12H,1-2H3,(H,24,30)(H,25,26). The zero-order valence-electron chi connectivity index (χ0n) is 17.3. The van der Waals surface area contributed by atoms with Crippen molar-refractivity contribution in [3.8, 4) is 11.4 Å². The van der Waals surface area contributed by atoms with Crippen LogP contribution in [-0.4, -0.2) is 30.0 Å². The van der Waals surface area contributed by atoms with E-state index in [9.17, 15) is 14.4 Å². The Kier molecular flexibility index (Phi) is 4.44. The number of amides is 1. The minimum atomic E-state index is -0.508. The van der Waals surface area contributed by atoms with Crippen molar-refractivity contribution in [3.05, 3.63) is 87.2 Å². The van der Waals surface area contributed by atoms with Crippen LogP contribution >= 0.6 is 0 Å². The SMILES string of the molecule is Cn1c(=O)c2ccc(C(=O)Nc3ccc4nc(-c5ccccc5)[nH]c4c3)nc2n(C)c1=O. The van der Waals surface area contributed by atoms with Crippen LogP contribution in [0.4, 0.5) is 5.69 Å². The number of aryl methyl sites for hydroxylation is 1. The monoisotopic (exact) mass is 426 g/mol. The third-order valence-corrected chi connectivity index (χ3v) is 5.32. The number of carbonyl (C=O) groups excluding carboxylic acids is 1. The van der Waals surface area contributed by atoms with E-state index >= 15 is 0 Å². The first kappa shape index (κ1) is 19.4. The molecule has 0 saturated carbocycles. The molecule has 9 heteroatoms. The van der Waals surface area contributed by atoms with Crippen molar-refractivity contribution in [3.63, 3.8) is 0 Å². The summed E-state index contributed by atoms with van der Waals surface area (Å²) in [5.74, 6) is 0.282. The lowest BCUT2D eigenvalue weighted by atomic mass is 10.2. The highest BCUT2D eigenvalue weighted by Crippen LogP contribution is 2.23.